The van der Waals surface area contributed by atoms with Crippen LogP contribution in [-0.4, -0.2) is 45.0 Å². The second-order valence-electron chi connectivity index (χ2n) is 5.39. The Morgan fingerprint density at radius 3 is 2.68 bits per heavy atom. The van der Waals surface area contributed by atoms with Crippen molar-refractivity contribution in [3.05, 3.63) is 23.7 Å². The molecule has 1 aromatic heterocycles. The van der Waals surface area contributed by atoms with Crippen molar-refractivity contribution in [1.29, 1.82) is 0 Å². The van der Waals surface area contributed by atoms with Crippen LogP contribution in [0.1, 0.15) is 24.4 Å². The third-order valence-electron chi connectivity index (χ3n) is 3.13. The van der Waals surface area contributed by atoms with Gasteiger partial charge in [-0.3, -0.25) is 4.90 Å². The number of nitrogens with zero attached hydrogens (tertiary/aromatic N) is 1. The van der Waals surface area contributed by atoms with Gasteiger partial charge in [-0.1, -0.05) is 0 Å². The van der Waals surface area contributed by atoms with E-state index in [1.54, 1.807) is 0 Å². The highest BCUT2D eigenvalue weighted by molar-refractivity contribution is 7.90. The monoisotopic (exact) mass is 286 g/mol. The molecule has 0 aliphatic heterocycles. The van der Waals surface area contributed by atoms with Gasteiger partial charge in [-0.05, 0) is 32.0 Å². The molecule has 1 N–H and O–H groups in total. The summed E-state index contributed by atoms with van der Waals surface area (Å²) in [6.45, 7) is 1.94. The van der Waals surface area contributed by atoms with Gasteiger partial charge in [0.2, 0.25) is 0 Å². The first-order valence-corrected chi connectivity index (χ1v) is 8.66. The Morgan fingerprint density at radius 2 is 2.05 bits per heavy atom. The number of rotatable bonds is 8. The van der Waals surface area contributed by atoms with Crippen molar-refractivity contribution in [2.75, 3.05) is 25.6 Å². The first kappa shape index (κ1) is 14.6. The second-order valence-corrected chi connectivity index (χ2v) is 7.65. The predicted octanol–water partition coefficient (Wildman–Crippen LogP) is 1.01. The van der Waals surface area contributed by atoms with Gasteiger partial charge in [0.15, 0.2) is 0 Å². The molecule has 5 nitrogen and oxygen atoms in total. The minimum atomic E-state index is -2.90. The van der Waals surface area contributed by atoms with E-state index in [0.29, 0.717) is 19.1 Å². The Balaban J connectivity index is 1.74. The molecule has 19 heavy (non-hydrogen) atoms. The van der Waals surface area contributed by atoms with E-state index in [2.05, 4.69) is 5.32 Å². The Labute approximate surface area is 114 Å². The van der Waals surface area contributed by atoms with Crippen molar-refractivity contribution < 1.29 is 12.8 Å². The van der Waals surface area contributed by atoms with Crippen LogP contribution in [0.15, 0.2) is 16.5 Å². The van der Waals surface area contributed by atoms with Gasteiger partial charge in [-0.15, -0.1) is 0 Å². The van der Waals surface area contributed by atoms with E-state index in [0.717, 1.165) is 18.1 Å². The third-order valence-corrected chi connectivity index (χ3v) is 4.05. The van der Waals surface area contributed by atoms with Gasteiger partial charge in [0.1, 0.15) is 21.4 Å². The first-order valence-electron chi connectivity index (χ1n) is 6.59. The van der Waals surface area contributed by atoms with Crippen molar-refractivity contribution in [3.8, 4) is 0 Å². The van der Waals surface area contributed by atoms with Crippen LogP contribution in [0.5, 0.6) is 0 Å². The summed E-state index contributed by atoms with van der Waals surface area (Å²) < 4.78 is 27.9. The quantitative estimate of drug-likeness (QED) is 0.773. The molecule has 0 radical (unpaired) electrons. The molecule has 0 saturated heterocycles. The summed E-state index contributed by atoms with van der Waals surface area (Å²) in [7, 11) is -1.00. The molecule has 1 heterocycles. The maximum Gasteiger partial charge on any atom is 0.148 e. The van der Waals surface area contributed by atoms with Crippen molar-refractivity contribution in [1.82, 2.24) is 10.2 Å². The lowest BCUT2D eigenvalue weighted by Gasteiger charge is -2.14. The van der Waals surface area contributed by atoms with Crippen LogP contribution in [0.3, 0.4) is 0 Å². The minimum absolute atomic E-state index is 0.181. The lowest BCUT2D eigenvalue weighted by atomic mass is 10.4. The third kappa shape index (κ3) is 5.76. The number of furan rings is 1. The van der Waals surface area contributed by atoms with E-state index in [9.17, 15) is 8.42 Å². The SMILES string of the molecule is CN(CCS(C)(=O)=O)Cc1ccc(CNC2CC2)o1. The van der Waals surface area contributed by atoms with E-state index in [1.165, 1.54) is 19.1 Å². The largest absolute Gasteiger partial charge is 0.463 e. The van der Waals surface area contributed by atoms with Crippen LogP contribution in [0.25, 0.3) is 0 Å². The molecule has 1 aliphatic carbocycles. The first-order chi connectivity index (χ1) is 8.92. The molecule has 1 fully saturated rings. The van der Waals surface area contributed by atoms with Crippen molar-refractivity contribution in [3.63, 3.8) is 0 Å². The molecule has 0 aromatic carbocycles. The van der Waals surface area contributed by atoms with E-state index in [-0.39, 0.29) is 5.75 Å². The van der Waals surface area contributed by atoms with Gasteiger partial charge in [0, 0.05) is 18.8 Å². The van der Waals surface area contributed by atoms with Crippen molar-refractivity contribution in [2.24, 2.45) is 0 Å². The number of hydrogen-bond acceptors (Lipinski definition) is 5. The Hall–Kier alpha value is -0.850. The lowest BCUT2D eigenvalue weighted by Crippen LogP contribution is -2.24. The fraction of sp³-hybridized carbons (Fsp3) is 0.692. The lowest BCUT2D eigenvalue weighted by molar-refractivity contribution is 0.303. The molecule has 2 rings (SSSR count). The van der Waals surface area contributed by atoms with Gasteiger partial charge in [-0.25, -0.2) is 8.42 Å². The van der Waals surface area contributed by atoms with Crippen LogP contribution in [0.4, 0.5) is 0 Å². The van der Waals surface area contributed by atoms with Gasteiger partial charge in [0.25, 0.3) is 0 Å². The summed E-state index contributed by atoms with van der Waals surface area (Å²) in [5.74, 6) is 2.00. The number of sulfone groups is 1. The second kappa shape index (κ2) is 6.07. The summed E-state index contributed by atoms with van der Waals surface area (Å²) >= 11 is 0. The van der Waals surface area contributed by atoms with Crippen LogP contribution in [0, 0.1) is 0 Å². The highest BCUT2D eigenvalue weighted by Gasteiger charge is 2.20. The van der Waals surface area contributed by atoms with Gasteiger partial charge >= 0.3 is 0 Å². The van der Waals surface area contributed by atoms with Crippen LogP contribution in [-0.2, 0) is 22.9 Å². The fourth-order valence-corrected chi connectivity index (χ4v) is 2.44. The predicted molar refractivity (Wildman–Crippen MR) is 74.6 cm³/mol. The average molecular weight is 286 g/mol. The Bertz CT molecular complexity index is 506. The normalized spacial score (nSPS) is 16.2. The standard InChI is InChI=1S/C13H22N2O3S/c1-15(7-8-19(2,16)17)10-13-6-5-12(18-13)9-14-11-3-4-11/h5-6,11,14H,3-4,7-10H2,1-2H3. The van der Waals surface area contributed by atoms with E-state index >= 15 is 0 Å². The Kier molecular flexibility index (Phi) is 4.65. The van der Waals surface area contributed by atoms with E-state index < -0.39 is 9.84 Å². The van der Waals surface area contributed by atoms with Crippen LogP contribution < -0.4 is 5.32 Å². The van der Waals surface area contributed by atoms with Crippen molar-refractivity contribution >= 4 is 9.84 Å². The molecule has 0 amide bonds. The summed E-state index contributed by atoms with van der Waals surface area (Å²) in [4.78, 5) is 1.96. The molecular formula is C13H22N2O3S. The molecule has 1 saturated carbocycles. The van der Waals surface area contributed by atoms with Gasteiger partial charge in [-0.2, -0.15) is 0 Å². The molecule has 0 atom stereocenters. The molecular weight excluding hydrogens is 264 g/mol. The summed E-state index contributed by atoms with van der Waals surface area (Å²) in [6, 6.07) is 4.61. The minimum Gasteiger partial charge on any atom is -0.463 e. The van der Waals surface area contributed by atoms with Crippen LogP contribution >= 0.6 is 0 Å². The average Bonchev–Trinajstić information content (AvgIpc) is 3.04. The van der Waals surface area contributed by atoms with Crippen molar-refractivity contribution in [2.45, 2.75) is 32.0 Å². The zero-order valence-corrected chi connectivity index (χ0v) is 12.4. The topological polar surface area (TPSA) is 62.6 Å². The smallest absolute Gasteiger partial charge is 0.148 e. The molecule has 0 unspecified atom stereocenters. The molecule has 6 heteroatoms. The molecule has 1 aliphatic rings. The fourth-order valence-electron chi connectivity index (χ4n) is 1.80. The Morgan fingerprint density at radius 1 is 1.37 bits per heavy atom. The highest BCUT2D eigenvalue weighted by Crippen LogP contribution is 2.19. The zero-order chi connectivity index (χ0) is 13.9. The number of nitrogens with one attached hydrogen (secondary N) is 1. The highest BCUT2D eigenvalue weighted by atomic mass is 32.2. The van der Waals surface area contributed by atoms with Crippen LogP contribution in [0.2, 0.25) is 0 Å². The maximum atomic E-state index is 11.1. The molecule has 108 valence electrons. The number of hydrogen-bond donors (Lipinski definition) is 1. The van der Waals surface area contributed by atoms with Gasteiger partial charge in [0.05, 0.1) is 18.8 Å². The summed E-state index contributed by atoms with van der Waals surface area (Å²) in [5, 5.41) is 3.40. The summed E-state index contributed by atoms with van der Waals surface area (Å²) in [6.07, 6.45) is 3.79. The maximum absolute atomic E-state index is 11.1. The zero-order valence-electron chi connectivity index (χ0n) is 11.6. The summed E-state index contributed by atoms with van der Waals surface area (Å²) in [5.41, 5.74) is 0. The molecule has 0 spiro atoms. The molecule has 0 bridgehead atoms. The van der Waals surface area contributed by atoms with E-state index in [4.69, 9.17) is 4.42 Å². The van der Waals surface area contributed by atoms with Gasteiger partial charge < -0.3 is 9.73 Å². The van der Waals surface area contributed by atoms with E-state index in [1.807, 2.05) is 24.1 Å². The molecule has 1 aromatic rings.